The van der Waals surface area contributed by atoms with E-state index in [9.17, 15) is 8.42 Å². The van der Waals surface area contributed by atoms with Gasteiger partial charge in [0, 0.05) is 18.9 Å². The molecule has 0 radical (unpaired) electrons. The van der Waals surface area contributed by atoms with Gasteiger partial charge >= 0.3 is 0 Å². The van der Waals surface area contributed by atoms with E-state index in [-0.39, 0.29) is 16.5 Å². The molecule has 0 saturated heterocycles. The van der Waals surface area contributed by atoms with Crippen LogP contribution in [0.1, 0.15) is 12.5 Å². The molecule has 0 aromatic carbocycles. The SMILES string of the molecule is CCS(=O)(=O)c1c(N)nsc1NCCc1ccncc1. The van der Waals surface area contributed by atoms with E-state index in [4.69, 9.17) is 5.73 Å². The first-order valence-electron chi connectivity index (χ1n) is 6.15. The number of aromatic nitrogens is 2. The van der Waals surface area contributed by atoms with Crippen LogP contribution in [0.5, 0.6) is 0 Å². The molecule has 20 heavy (non-hydrogen) atoms. The Morgan fingerprint density at radius 3 is 2.70 bits per heavy atom. The average Bonchev–Trinajstić information content (AvgIpc) is 2.82. The van der Waals surface area contributed by atoms with Crippen LogP contribution >= 0.6 is 11.5 Å². The minimum Gasteiger partial charge on any atom is -0.382 e. The Balaban J connectivity index is 2.08. The lowest BCUT2D eigenvalue weighted by Gasteiger charge is -2.07. The van der Waals surface area contributed by atoms with Crippen LogP contribution in [0, 0.1) is 0 Å². The molecule has 0 saturated carbocycles. The average molecular weight is 312 g/mol. The molecule has 0 spiro atoms. The maximum absolute atomic E-state index is 12.0. The minimum absolute atomic E-state index is 0.00858. The second-order valence-electron chi connectivity index (χ2n) is 4.16. The standard InChI is InChI=1S/C12H16N4O2S2/c1-2-20(17,18)10-11(13)16-19-12(10)15-8-5-9-3-6-14-7-4-9/h3-4,6-7,15H,2,5,8H2,1H3,(H2,13,16). The summed E-state index contributed by atoms with van der Waals surface area (Å²) in [4.78, 5) is 4.07. The van der Waals surface area contributed by atoms with Crippen molar-refractivity contribution >= 4 is 32.2 Å². The molecule has 0 unspecified atom stereocenters. The molecule has 2 rings (SSSR count). The minimum atomic E-state index is -3.36. The summed E-state index contributed by atoms with van der Waals surface area (Å²) in [6.07, 6.45) is 4.23. The number of anilines is 2. The summed E-state index contributed by atoms with van der Waals surface area (Å²) >= 11 is 1.08. The molecular weight excluding hydrogens is 296 g/mol. The Kier molecular flexibility index (Phi) is 4.56. The predicted octanol–water partition coefficient (Wildman–Crippen LogP) is 1.57. The number of nitrogens with one attached hydrogen (secondary N) is 1. The van der Waals surface area contributed by atoms with Crippen molar-refractivity contribution in [2.75, 3.05) is 23.3 Å². The monoisotopic (exact) mass is 312 g/mol. The number of pyridine rings is 1. The van der Waals surface area contributed by atoms with Gasteiger partial charge in [0.25, 0.3) is 0 Å². The summed E-state index contributed by atoms with van der Waals surface area (Å²) in [7, 11) is -3.36. The van der Waals surface area contributed by atoms with Gasteiger partial charge in [-0.2, -0.15) is 4.37 Å². The Morgan fingerprint density at radius 1 is 1.35 bits per heavy atom. The van der Waals surface area contributed by atoms with Gasteiger partial charge in [0.2, 0.25) is 0 Å². The molecule has 0 amide bonds. The van der Waals surface area contributed by atoms with Crippen molar-refractivity contribution in [1.82, 2.24) is 9.36 Å². The molecule has 108 valence electrons. The molecule has 8 heteroatoms. The van der Waals surface area contributed by atoms with Crippen LogP contribution in [0.25, 0.3) is 0 Å². The molecule has 2 heterocycles. The summed E-state index contributed by atoms with van der Waals surface area (Å²) in [5.41, 5.74) is 6.79. The van der Waals surface area contributed by atoms with Crippen molar-refractivity contribution in [2.24, 2.45) is 0 Å². The molecule has 0 aliphatic heterocycles. The van der Waals surface area contributed by atoms with Gasteiger partial charge in [0.15, 0.2) is 15.7 Å². The molecule has 0 bridgehead atoms. The normalized spacial score (nSPS) is 11.4. The molecule has 0 aliphatic rings. The first-order chi connectivity index (χ1) is 9.54. The number of rotatable bonds is 6. The van der Waals surface area contributed by atoms with Crippen molar-refractivity contribution in [2.45, 2.75) is 18.2 Å². The van der Waals surface area contributed by atoms with Crippen molar-refractivity contribution in [3.63, 3.8) is 0 Å². The number of hydrogen-bond acceptors (Lipinski definition) is 7. The fourth-order valence-corrected chi connectivity index (χ4v) is 3.91. The molecule has 6 nitrogen and oxygen atoms in total. The zero-order valence-electron chi connectivity index (χ0n) is 11.0. The Bertz CT molecular complexity index is 668. The van der Waals surface area contributed by atoms with E-state index in [0.717, 1.165) is 23.5 Å². The van der Waals surface area contributed by atoms with Crippen LogP contribution in [-0.4, -0.2) is 30.1 Å². The third-order valence-electron chi connectivity index (χ3n) is 2.81. The number of hydrogen-bond donors (Lipinski definition) is 2. The van der Waals surface area contributed by atoms with Gasteiger partial charge in [-0.25, -0.2) is 8.42 Å². The van der Waals surface area contributed by atoms with Crippen molar-refractivity contribution in [1.29, 1.82) is 0 Å². The van der Waals surface area contributed by atoms with E-state index < -0.39 is 9.84 Å². The van der Waals surface area contributed by atoms with Gasteiger partial charge in [-0.15, -0.1) is 0 Å². The Hall–Kier alpha value is -1.67. The van der Waals surface area contributed by atoms with Crippen molar-refractivity contribution < 1.29 is 8.42 Å². The lowest BCUT2D eigenvalue weighted by Crippen LogP contribution is -2.10. The van der Waals surface area contributed by atoms with E-state index in [1.807, 2.05) is 12.1 Å². The lowest BCUT2D eigenvalue weighted by molar-refractivity contribution is 0.598. The highest BCUT2D eigenvalue weighted by molar-refractivity contribution is 7.91. The number of nitrogen functional groups attached to an aromatic ring is 1. The molecule has 0 fully saturated rings. The molecular formula is C12H16N4O2S2. The quantitative estimate of drug-likeness (QED) is 0.840. The first-order valence-corrected chi connectivity index (χ1v) is 8.58. The highest BCUT2D eigenvalue weighted by Gasteiger charge is 2.23. The van der Waals surface area contributed by atoms with E-state index in [2.05, 4.69) is 14.7 Å². The summed E-state index contributed by atoms with van der Waals surface area (Å²) in [6, 6.07) is 3.85. The first kappa shape index (κ1) is 14.7. The number of sulfone groups is 1. The fraction of sp³-hybridized carbons (Fsp3) is 0.333. The Labute approximate surface area is 122 Å². The molecule has 0 atom stereocenters. The summed E-state index contributed by atoms with van der Waals surface area (Å²) in [5, 5.41) is 3.61. The van der Waals surface area contributed by atoms with Gasteiger partial charge < -0.3 is 11.1 Å². The summed E-state index contributed by atoms with van der Waals surface area (Å²) < 4.78 is 27.9. The number of nitrogens with two attached hydrogens (primary N) is 1. The second kappa shape index (κ2) is 6.19. The zero-order chi connectivity index (χ0) is 14.6. The van der Waals surface area contributed by atoms with Crippen LogP contribution in [0.2, 0.25) is 0 Å². The third kappa shape index (κ3) is 3.26. The lowest BCUT2D eigenvalue weighted by atomic mass is 10.2. The highest BCUT2D eigenvalue weighted by Crippen LogP contribution is 2.32. The van der Waals surface area contributed by atoms with E-state index >= 15 is 0 Å². The summed E-state index contributed by atoms with van der Waals surface area (Å²) in [6.45, 7) is 2.20. The van der Waals surface area contributed by atoms with Crippen molar-refractivity contribution in [3.05, 3.63) is 30.1 Å². The van der Waals surface area contributed by atoms with Gasteiger partial charge in [0.1, 0.15) is 9.90 Å². The topological polar surface area (TPSA) is 98.0 Å². The third-order valence-corrected chi connectivity index (χ3v) is 5.56. The predicted molar refractivity (Wildman–Crippen MR) is 80.7 cm³/mol. The smallest absolute Gasteiger partial charge is 0.184 e. The summed E-state index contributed by atoms with van der Waals surface area (Å²) in [5.74, 6) is 0.0810. The van der Waals surface area contributed by atoms with Crippen LogP contribution in [0.4, 0.5) is 10.8 Å². The molecule has 3 N–H and O–H groups in total. The van der Waals surface area contributed by atoms with Gasteiger partial charge in [-0.3, -0.25) is 4.98 Å². The fourth-order valence-electron chi connectivity index (χ4n) is 1.72. The maximum atomic E-state index is 12.0. The zero-order valence-corrected chi connectivity index (χ0v) is 12.7. The second-order valence-corrected chi connectivity index (χ2v) is 7.15. The van der Waals surface area contributed by atoms with Gasteiger partial charge in [-0.05, 0) is 35.6 Å². The van der Waals surface area contributed by atoms with Crippen LogP contribution in [0.3, 0.4) is 0 Å². The van der Waals surface area contributed by atoms with E-state index in [0.29, 0.717) is 11.5 Å². The highest BCUT2D eigenvalue weighted by atomic mass is 32.2. The van der Waals surface area contributed by atoms with Crippen molar-refractivity contribution in [3.8, 4) is 0 Å². The number of nitrogens with zero attached hydrogens (tertiary/aromatic N) is 2. The van der Waals surface area contributed by atoms with Crippen LogP contribution in [0.15, 0.2) is 29.4 Å². The van der Waals surface area contributed by atoms with E-state index in [1.54, 1.807) is 19.3 Å². The molecule has 0 aliphatic carbocycles. The molecule has 2 aromatic heterocycles. The van der Waals surface area contributed by atoms with Gasteiger partial charge in [0.05, 0.1) is 5.75 Å². The maximum Gasteiger partial charge on any atom is 0.184 e. The Morgan fingerprint density at radius 2 is 2.05 bits per heavy atom. The van der Waals surface area contributed by atoms with Crippen LogP contribution < -0.4 is 11.1 Å². The van der Waals surface area contributed by atoms with E-state index in [1.165, 1.54) is 0 Å². The van der Waals surface area contributed by atoms with Gasteiger partial charge in [-0.1, -0.05) is 6.92 Å². The van der Waals surface area contributed by atoms with Crippen LogP contribution in [-0.2, 0) is 16.3 Å². The largest absolute Gasteiger partial charge is 0.382 e. The molecule has 2 aromatic rings.